The third-order valence-electron chi connectivity index (χ3n) is 2.14. The molecule has 1 amide bonds. The fraction of sp³-hybridized carbons (Fsp3) is 0.500. The number of carbonyl (C=O) groups excluding carboxylic acids is 1. The first kappa shape index (κ1) is 12.6. The van der Waals surface area contributed by atoms with Crippen molar-refractivity contribution in [2.45, 2.75) is 19.9 Å². The molecule has 0 fully saturated rings. The van der Waals surface area contributed by atoms with Gasteiger partial charge in [0, 0.05) is 19.3 Å². The Hall–Kier alpha value is -1.43. The highest BCUT2D eigenvalue weighted by Gasteiger charge is 2.21. The van der Waals surface area contributed by atoms with Crippen LogP contribution in [0.4, 0.5) is 0 Å². The SMILES string of the molecule is CC(C)N(CC(N)=S)C(=O)c1ccn(C)n1. The Bertz CT molecular complexity index is 399. The third-order valence-corrected chi connectivity index (χ3v) is 2.27. The van der Waals surface area contributed by atoms with E-state index in [1.54, 1.807) is 28.9 Å². The number of hydrogen-bond donors (Lipinski definition) is 1. The van der Waals surface area contributed by atoms with Gasteiger partial charge in [-0.05, 0) is 19.9 Å². The van der Waals surface area contributed by atoms with Crippen molar-refractivity contribution < 1.29 is 4.79 Å². The summed E-state index contributed by atoms with van der Waals surface area (Å²) in [6.45, 7) is 4.11. The van der Waals surface area contributed by atoms with Gasteiger partial charge in [-0.15, -0.1) is 0 Å². The summed E-state index contributed by atoms with van der Waals surface area (Å²) in [4.78, 5) is 14.0. The normalized spacial score (nSPS) is 10.5. The first-order valence-electron chi connectivity index (χ1n) is 5.00. The molecule has 0 saturated carbocycles. The summed E-state index contributed by atoms with van der Waals surface area (Å²) in [5.41, 5.74) is 5.87. The molecule has 0 aromatic carbocycles. The van der Waals surface area contributed by atoms with Crippen LogP contribution in [0, 0.1) is 0 Å². The Morgan fingerprint density at radius 1 is 1.69 bits per heavy atom. The van der Waals surface area contributed by atoms with E-state index < -0.39 is 0 Å². The first-order chi connectivity index (χ1) is 7.41. The molecule has 16 heavy (non-hydrogen) atoms. The summed E-state index contributed by atoms with van der Waals surface area (Å²) in [5, 5.41) is 4.06. The minimum Gasteiger partial charge on any atom is -0.392 e. The highest BCUT2D eigenvalue weighted by atomic mass is 32.1. The molecule has 0 aliphatic heterocycles. The molecule has 0 aliphatic rings. The minimum atomic E-state index is -0.150. The van der Waals surface area contributed by atoms with Crippen LogP contribution < -0.4 is 5.73 Å². The Kier molecular flexibility index (Phi) is 4.00. The Balaban J connectivity index is 2.87. The molecule has 0 radical (unpaired) electrons. The summed E-state index contributed by atoms with van der Waals surface area (Å²) in [5.74, 6) is -0.150. The lowest BCUT2D eigenvalue weighted by Gasteiger charge is -2.25. The number of aromatic nitrogens is 2. The van der Waals surface area contributed by atoms with Crippen molar-refractivity contribution in [1.29, 1.82) is 0 Å². The van der Waals surface area contributed by atoms with Crippen LogP contribution in [0.5, 0.6) is 0 Å². The zero-order valence-electron chi connectivity index (χ0n) is 9.67. The number of thiocarbonyl (C=S) groups is 1. The fourth-order valence-corrected chi connectivity index (χ4v) is 1.47. The molecule has 0 unspecified atom stereocenters. The predicted octanol–water partition coefficient (Wildman–Crippen LogP) is 0.557. The molecule has 88 valence electrons. The number of amides is 1. The largest absolute Gasteiger partial charge is 0.392 e. The third kappa shape index (κ3) is 3.03. The molecular formula is C10H16N4OS. The summed E-state index contributed by atoms with van der Waals surface area (Å²) in [6, 6.07) is 1.72. The van der Waals surface area contributed by atoms with Crippen LogP contribution >= 0.6 is 12.2 Å². The Morgan fingerprint density at radius 2 is 2.31 bits per heavy atom. The van der Waals surface area contributed by atoms with Crippen LogP contribution in [0.25, 0.3) is 0 Å². The van der Waals surface area contributed by atoms with E-state index in [4.69, 9.17) is 18.0 Å². The smallest absolute Gasteiger partial charge is 0.274 e. The summed E-state index contributed by atoms with van der Waals surface area (Å²) >= 11 is 4.82. The van der Waals surface area contributed by atoms with Crippen LogP contribution in [0.2, 0.25) is 0 Å². The lowest BCUT2D eigenvalue weighted by Crippen LogP contribution is -2.42. The monoisotopic (exact) mass is 240 g/mol. The first-order valence-corrected chi connectivity index (χ1v) is 5.41. The van der Waals surface area contributed by atoms with E-state index in [-0.39, 0.29) is 18.5 Å². The lowest BCUT2D eigenvalue weighted by molar-refractivity contribution is 0.0729. The van der Waals surface area contributed by atoms with Crippen molar-refractivity contribution in [1.82, 2.24) is 14.7 Å². The highest BCUT2D eigenvalue weighted by molar-refractivity contribution is 7.80. The maximum absolute atomic E-state index is 12.1. The van der Waals surface area contributed by atoms with Crippen molar-refractivity contribution in [2.75, 3.05) is 6.54 Å². The molecule has 2 N–H and O–H groups in total. The molecular weight excluding hydrogens is 224 g/mol. The second-order valence-corrected chi connectivity index (χ2v) is 4.39. The van der Waals surface area contributed by atoms with Crippen molar-refractivity contribution in [2.24, 2.45) is 12.8 Å². The molecule has 6 heteroatoms. The molecule has 1 rings (SSSR count). The van der Waals surface area contributed by atoms with E-state index in [2.05, 4.69) is 5.10 Å². The summed E-state index contributed by atoms with van der Waals surface area (Å²) < 4.78 is 1.59. The maximum Gasteiger partial charge on any atom is 0.274 e. The number of hydrogen-bond acceptors (Lipinski definition) is 3. The zero-order chi connectivity index (χ0) is 12.3. The van der Waals surface area contributed by atoms with Gasteiger partial charge in [0.1, 0.15) is 5.69 Å². The molecule has 1 aromatic heterocycles. The van der Waals surface area contributed by atoms with Crippen molar-refractivity contribution >= 4 is 23.1 Å². The molecule has 0 bridgehead atoms. The van der Waals surface area contributed by atoms with E-state index in [0.29, 0.717) is 10.7 Å². The van der Waals surface area contributed by atoms with E-state index in [0.717, 1.165) is 0 Å². The van der Waals surface area contributed by atoms with Gasteiger partial charge >= 0.3 is 0 Å². The standard InChI is InChI=1S/C10H16N4OS/c1-7(2)14(6-9(11)16)10(15)8-4-5-13(3)12-8/h4-5,7H,6H2,1-3H3,(H2,11,16). The van der Waals surface area contributed by atoms with Crippen LogP contribution in [-0.2, 0) is 7.05 Å². The minimum absolute atomic E-state index is 0.0380. The van der Waals surface area contributed by atoms with Gasteiger partial charge in [0.25, 0.3) is 5.91 Å². The van der Waals surface area contributed by atoms with Crippen molar-refractivity contribution in [3.05, 3.63) is 18.0 Å². The molecule has 5 nitrogen and oxygen atoms in total. The molecule has 1 heterocycles. The number of rotatable bonds is 4. The number of aryl methyl sites for hydroxylation is 1. The van der Waals surface area contributed by atoms with Gasteiger partial charge in [0.2, 0.25) is 0 Å². The predicted molar refractivity (Wildman–Crippen MR) is 66.2 cm³/mol. The Labute approximate surface area is 100 Å². The van der Waals surface area contributed by atoms with Crippen LogP contribution in [0.3, 0.4) is 0 Å². The van der Waals surface area contributed by atoms with Gasteiger partial charge in [-0.2, -0.15) is 5.10 Å². The van der Waals surface area contributed by atoms with Crippen LogP contribution in [-0.4, -0.2) is 38.2 Å². The molecule has 0 saturated heterocycles. The summed E-state index contributed by atoms with van der Waals surface area (Å²) in [6.07, 6.45) is 1.73. The van der Waals surface area contributed by atoms with E-state index in [1.807, 2.05) is 13.8 Å². The van der Waals surface area contributed by atoms with Crippen molar-refractivity contribution in [3.8, 4) is 0 Å². The van der Waals surface area contributed by atoms with Gasteiger partial charge in [-0.25, -0.2) is 0 Å². The number of nitrogens with two attached hydrogens (primary N) is 1. The quantitative estimate of drug-likeness (QED) is 0.781. The van der Waals surface area contributed by atoms with Gasteiger partial charge in [-0.1, -0.05) is 12.2 Å². The molecule has 0 spiro atoms. The van der Waals surface area contributed by atoms with E-state index >= 15 is 0 Å². The van der Waals surface area contributed by atoms with Crippen LogP contribution in [0.1, 0.15) is 24.3 Å². The highest BCUT2D eigenvalue weighted by Crippen LogP contribution is 2.06. The van der Waals surface area contributed by atoms with Gasteiger partial charge in [0.15, 0.2) is 0 Å². The van der Waals surface area contributed by atoms with Crippen LogP contribution in [0.15, 0.2) is 12.3 Å². The maximum atomic E-state index is 12.1. The molecule has 0 aliphatic carbocycles. The average Bonchev–Trinajstić information content (AvgIpc) is 2.59. The average molecular weight is 240 g/mol. The second kappa shape index (κ2) is 5.07. The zero-order valence-corrected chi connectivity index (χ0v) is 10.5. The topological polar surface area (TPSA) is 64.2 Å². The lowest BCUT2D eigenvalue weighted by atomic mass is 10.2. The van der Waals surface area contributed by atoms with Gasteiger partial charge in [0.05, 0.1) is 11.5 Å². The molecule has 0 atom stereocenters. The number of nitrogens with zero attached hydrogens (tertiary/aromatic N) is 3. The van der Waals surface area contributed by atoms with Gasteiger partial charge in [-0.3, -0.25) is 9.48 Å². The van der Waals surface area contributed by atoms with E-state index in [9.17, 15) is 4.79 Å². The second-order valence-electron chi connectivity index (χ2n) is 3.87. The van der Waals surface area contributed by atoms with Crippen molar-refractivity contribution in [3.63, 3.8) is 0 Å². The number of carbonyl (C=O) groups is 1. The van der Waals surface area contributed by atoms with E-state index in [1.165, 1.54) is 0 Å². The Morgan fingerprint density at radius 3 is 2.69 bits per heavy atom. The van der Waals surface area contributed by atoms with Gasteiger partial charge < -0.3 is 10.6 Å². The fourth-order valence-electron chi connectivity index (χ4n) is 1.33. The summed E-state index contributed by atoms with van der Waals surface area (Å²) in [7, 11) is 1.77. The molecule has 1 aromatic rings.